The topological polar surface area (TPSA) is 66.5 Å². The number of hydrogen-bond acceptors (Lipinski definition) is 3. The molecule has 1 atom stereocenters. The van der Waals surface area contributed by atoms with Gasteiger partial charge in [-0.3, -0.25) is 9.10 Å². The number of rotatable bonds is 6. The van der Waals surface area contributed by atoms with Crippen LogP contribution in [0, 0.1) is 13.8 Å². The Balaban J connectivity index is 2.27. The van der Waals surface area contributed by atoms with E-state index in [9.17, 15) is 13.2 Å². The first kappa shape index (κ1) is 20.3. The second-order valence-electron chi connectivity index (χ2n) is 6.31. The number of anilines is 1. The second-order valence-corrected chi connectivity index (χ2v) is 8.61. The predicted octanol–water partition coefficient (Wildman–Crippen LogP) is 3.43. The lowest BCUT2D eigenvalue weighted by Gasteiger charge is -2.29. The summed E-state index contributed by atoms with van der Waals surface area (Å²) in [6.07, 6.45) is 1.08. The number of amides is 1. The summed E-state index contributed by atoms with van der Waals surface area (Å²) >= 11 is 6.03. The Morgan fingerprint density at radius 2 is 1.81 bits per heavy atom. The molecule has 140 valence electrons. The largest absolute Gasteiger partial charge is 0.350 e. The Morgan fingerprint density at radius 3 is 2.42 bits per heavy atom. The first-order valence-corrected chi connectivity index (χ1v) is 10.4. The molecule has 0 aliphatic rings. The van der Waals surface area contributed by atoms with Crippen molar-refractivity contribution in [1.82, 2.24) is 5.32 Å². The van der Waals surface area contributed by atoms with Gasteiger partial charge in [0.1, 0.15) is 6.04 Å². The third-order valence-electron chi connectivity index (χ3n) is 4.21. The summed E-state index contributed by atoms with van der Waals surface area (Å²) in [6, 6.07) is 11.8. The lowest BCUT2D eigenvalue weighted by atomic mass is 10.1. The molecule has 2 rings (SSSR count). The number of carbonyl (C=O) groups is 1. The van der Waals surface area contributed by atoms with E-state index in [0.29, 0.717) is 17.3 Å². The summed E-state index contributed by atoms with van der Waals surface area (Å²) in [4.78, 5) is 12.6. The molecule has 0 bridgehead atoms. The number of benzene rings is 2. The lowest BCUT2D eigenvalue weighted by Crippen LogP contribution is -2.48. The quantitative estimate of drug-likeness (QED) is 0.816. The average Bonchev–Trinajstić information content (AvgIpc) is 2.56. The molecule has 0 spiro atoms. The van der Waals surface area contributed by atoms with Gasteiger partial charge in [-0.1, -0.05) is 41.9 Å². The zero-order chi connectivity index (χ0) is 19.5. The minimum Gasteiger partial charge on any atom is -0.350 e. The Kier molecular flexibility index (Phi) is 6.31. The van der Waals surface area contributed by atoms with Gasteiger partial charge >= 0.3 is 0 Å². The molecule has 26 heavy (non-hydrogen) atoms. The number of nitrogens with zero attached hydrogens (tertiary/aromatic N) is 1. The molecule has 0 saturated heterocycles. The number of carbonyl (C=O) groups excluding carboxylic acids is 1. The third-order valence-corrected chi connectivity index (χ3v) is 5.67. The molecular formula is C19H23ClN2O3S. The van der Waals surface area contributed by atoms with Crippen LogP contribution in [0.2, 0.25) is 5.02 Å². The molecule has 0 saturated carbocycles. The van der Waals surface area contributed by atoms with Crippen LogP contribution in [0.25, 0.3) is 0 Å². The Labute approximate surface area is 160 Å². The molecule has 7 heteroatoms. The van der Waals surface area contributed by atoms with Crippen molar-refractivity contribution < 1.29 is 13.2 Å². The molecule has 5 nitrogen and oxygen atoms in total. The van der Waals surface area contributed by atoms with E-state index in [-0.39, 0.29) is 5.91 Å². The Bertz CT molecular complexity index is 913. The molecule has 0 aliphatic carbocycles. The first-order valence-electron chi connectivity index (χ1n) is 8.19. The van der Waals surface area contributed by atoms with Gasteiger partial charge in [0.15, 0.2) is 0 Å². The van der Waals surface area contributed by atoms with Crippen LogP contribution >= 0.6 is 11.6 Å². The van der Waals surface area contributed by atoms with Gasteiger partial charge in [-0.25, -0.2) is 8.42 Å². The molecular weight excluding hydrogens is 372 g/mol. The van der Waals surface area contributed by atoms with Crippen LogP contribution in [0.15, 0.2) is 42.5 Å². The van der Waals surface area contributed by atoms with E-state index in [1.165, 1.54) is 0 Å². The summed E-state index contributed by atoms with van der Waals surface area (Å²) in [5, 5.41) is 3.23. The number of hydrogen-bond donors (Lipinski definition) is 1. The van der Waals surface area contributed by atoms with Crippen LogP contribution in [0.4, 0.5) is 5.69 Å². The number of sulfonamides is 1. The second kappa shape index (κ2) is 8.10. The maximum absolute atomic E-state index is 12.6. The van der Waals surface area contributed by atoms with E-state index in [2.05, 4.69) is 5.32 Å². The molecule has 2 aromatic rings. The van der Waals surface area contributed by atoms with E-state index < -0.39 is 16.1 Å². The predicted molar refractivity (Wildman–Crippen MR) is 106 cm³/mol. The monoisotopic (exact) mass is 394 g/mol. The van der Waals surface area contributed by atoms with E-state index in [1.807, 2.05) is 31.2 Å². The van der Waals surface area contributed by atoms with Crippen LogP contribution in [0.3, 0.4) is 0 Å². The Morgan fingerprint density at radius 1 is 1.15 bits per heavy atom. The third kappa shape index (κ3) is 4.77. The van der Waals surface area contributed by atoms with Gasteiger partial charge in [0.2, 0.25) is 15.9 Å². The molecule has 0 unspecified atom stereocenters. The van der Waals surface area contributed by atoms with Crippen molar-refractivity contribution in [3.63, 3.8) is 0 Å². The van der Waals surface area contributed by atoms with E-state index >= 15 is 0 Å². The molecule has 0 fully saturated rings. The summed E-state index contributed by atoms with van der Waals surface area (Å²) in [5.74, 6) is -0.377. The van der Waals surface area contributed by atoms with E-state index in [1.54, 1.807) is 32.0 Å². The standard InChI is InChI=1S/C19H23ClN2O3S/c1-13-7-5-6-8-16(13)12-21-19(23)15(3)22(26(4,24)25)18-11-17(20)10-9-14(18)2/h5-11,15H,12H2,1-4H3,(H,21,23)/t15-/m0/s1. The average molecular weight is 395 g/mol. The van der Waals surface area contributed by atoms with Gasteiger partial charge in [0, 0.05) is 11.6 Å². The van der Waals surface area contributed by atoms with Crippen molar-refractivity contribution in [2.45, 2.75) is 33.4 Å². The summed E-state index contributed by atoms with van der Waals surface area (Å²) in [6.45, 7) is 5.64. The fourth-order valence-corrected chi connectivity index (χ4v) is 4.13. The van der Waals surface area contributed by atoms with Crippen molar-refractivity contribution in [2.75, 3.05) is 10.6 Å². The van der Waals surface area contributed by atoms with Crippen LogP contribution in [0.1, 0.15) is 23.6 Å². The van der Waals surface area contributed by atoms with Gasteiger partial charge in [-0.2, -0.15) is 0 Å². The van der Waals surface area contributed by atoms with Gasteiger partial charge < -0.3 is 5.32 Å². The van der Waals surface area contributed by atoms with Crippen molar-refractivity contribution in [3.05, 3.63) is 64.2 Å². The molecule has 1 amide bonds. The normalized spacial score (nSPS) is 12.5. The Hall–Kier alpha value is -2.05. The fraction of sp³-hybridized carbons (Fsp3) is 0.316. The molecule has 0 radical (unpaired) electrons. The molecule has 0 aliphatic heterocycles. The number of aryl methyl sites for hydroxylation is 2. The highest BCUT2D eigenvalue weighted by Gasteiger charge is 2.30. The smallest absolute Gasteiger partial charge is 0.243 e. The van der Waals surface area contributed by atoms with Crippen LogP contribution in [0.5, 0.6) is 0 Å². The van der Waals surface area contributed by atoms with Gasteiger partial charge in [0.25, 0.3) is 0 Å². The van der Waals surface area contributed by atoms with Gasteiger partial charge in [-0.15, -0.1) is 0 Å². The zero-order valence-electron chi connectivity index (χ0n) is 15.3. The van der Waals surface area contributed by atoms with Gasteiger partial charge in [-0.05, 0) is 49.6 Å². The maximum Gasteiger partial charge on any atom is 0.243 e. The number of halogens is 1. The van der Waals surface area contributed by atoms with Crippen LogP contribution in [-0.4, -0.2) is 26.6 Å². The first-order chi connectivity index (χ1) is 12.1. The fourth-order valence-electron chi connectivity index (χ4n) is 2.74. The van der Waals surface area contributed by atoms with E-state index in [4.69, 9.17) is 11.6 Å². The summed E-state index contributed by atoms with van der Waals surface area (Å²) in [5.41, 5.74) is 3.17. The highest BCUT2D eigenvalue weighted by molar-refractivity contribution is 7.92. The molecule has 1 N–H and O–H groups in total. The van der Waals surface area contributed by atoms with Crippen LogP contribution < -0.4 is 9.62 Å². The van der Waals surface area contributed by atoms with Gasteiger partial charge in [0.05, 0.1) is 11.9 Å². The summed E-state index contributed by atoms with van der Waals surface area (Å²) < 4.78 is 25.9. The highest BCUT2D eigenvalue weighted by atomic mass is 35.5. The molecule has 2 aromatic carbocycles. The maximum atomic E-state index is 12.6. The van der Waals surface area contributed by atoms with Crippen molar-refractivity contribution in [2.24, 2.45) is 0 Å². The van der Waals surface area contributed by atoms with Crippen molar-refractivity contribution in [3.8, 4) is 0 Å². The minimum absolute atomic E-state index is 0.335. The summed E-state index contributed by atoms with van der Waals surface area (Å²) in [7, 11) is -3.68. The molecule has 0 aromatic heterocycles. The zero-order valence-corrected chi connectivity index (χ0v) is 16.9. The van der Waals surface area contributed by atoms with E-state index in [0.717, 1.165) is 27.3 Å². The van der Waals surface area contributed by atoms with Crippen molar-refractivity contribution in [1.29, 1.82) is 0 Å². The highest BCUT2D eigenvalue weighted by Crippen LogP contribution is 2.28. The molecule has 0 heterocycles. The number of nitrogens with one attached hydrogen (secondary N) is 1. The lowest BCUT2D eigenvalue weighted by molar-refractivity contribution is -0.122. The minimum atomic E-state index is -3.68. The van der Waals surface area contributed by atoms with Crippen LogP contribution in [-0.2, 0) is 21.4 Å². The van der Waals surface area contributed by atoms with Crippen molar-refractivity contribution >= 4 is 33.2 Å². The SMILES string of the molecule is Cc1ccccc1CNC(=O)[C@H](C)N(c1cc(Cl)ccc1C)S(C)(=O)=O.